The summed E-state index contributed by atoms with van der Waals surface area (Å²) in [6.07, 6.45) is 2.92. The number of carbonyl (C=O) groups excluding carboxylic acids is 3. The lowest BCUT2D eigenvalue weighted by atomic mass is 9.64. The van der Waals surface area contributed by atoms with Crippen LogP contribution in [-0.2, 0) is 15.3 Å². The molecule has 2 aromatic carbocycles. The SMILES string of the molecule is C=O.C=O.CC(=O)c1ccc(F)c(Cl)c1.CC1CC(C(C)(C)C)C1.Cc1cccc(C(F)(F)P)c1. The van der Waals surface area contributed by atoms with Crippen molar-refractivity contribution in [2.45, 2.75) is 60.0 Å². The highest BCUT2D eigenvalue weighted by Crippen LogP contribution is 2.44. The summed E-state index contributed by atoms with van der Waals surface area (Å²) in [5.41, 5.74) is -0.901. The minimum atomic E-state index is -2.80. The van der Waals surface area contributed by atoms with Gasteiger partial charge in [-0.25, -0.2) is 4.39 Å². The maximum Gasteiger partial charge on any atom is 0.283 e. The van der Waals surface area contributed by atoms with E-state index >= 15 is 0 Å². The van der Waals surface area contributed by atoms with Crippen molar-refractivity contribution in [2.75, 3.05) is 0 Å². The number of halogens is 4. The maximum absolute atomic E-state index is 12.6. The first-order chi connectivity index (χ1) is 16.1. The Morgan fingerprint density at radius 2 is 1.54 bits per heavy atom. The van der Waals surface area contributed by atoms with Crippen molar-refractivity contribution in [1.82, 2.24) is 0 Å². The van der Waals surface area contributed by atoms with Gasteiger partial charge in [-0.15, -0.1) is 0 Å². The standard InChI is InChI=1S/C9H18.C8H6ClFO.C8H9F2P.2CH2O/c1-7-5-8(6-7)9(2,3)4;1-5(11)6-2-3-8(10)7(9)4-6;1-6-3-2-4-7(5-6)8(9,10)11;2*1-2/h7-8H,5-6H2,1-4H3;2-4H,1H3;2-5H,11H2,1H3;2*1H2. The van der Waals surface area contributed by atoms with Gasteiger partial charge in [-0.2, -0.15) is 8.78 Å². The summed E-state index contributed by atoms with van der Waals surface area (Å²) in [7, 11) is 1.52. The normalized spacial score (nSPS) is 16.2. The Labute approximate surface area is 215 Å². The predicted molar refractivity (Wildman–Crippen MR) is 142 cm³/mol. The third kappa shape index (κ3) is 14.2. The number of benzene rings is 2. The van der Waals surface area contributed by atoms with Crippen LogP contribution in [-0.4, -0.2) is 19.4 Å². The van der Waals surface area contributed by atoms with Crippen LogP contribution in [0.2, 0.25) is 5.02 Å². The smallest absolute Gasteiger partial charge is 0.283 e. The van der Waals surface area contributed by atoms with Crippen LogP contribution in [0.5, 0.6) is 0 Å². The van der Waals surface area contributed by atoms with E-state index < -0.39 is 11.5 Å². The molecule has 1 aliphatic rings. The molecule has 8 heteroatoms. The van der Waals surface area contributed by atoms with Crippen molar-refractivity contribution in [3.63, 3.8) is 0 Å². The molecule has 0 aromatic heterocycles. The predicted octanol–water partition coefficient (Wildman–Crippen LogP) is 8.31. The second-order valence-corrected chi connectivity index (χ2v) is 10.4. The maximum atomic E-state index is 12.6. The average Bonchev–Trinajstić information content (AvgIpc) is 2.76. The number of Topliss-reactive ketones (excluding diaryl/α,β-unsaturated/α-hetero) is 1. The zero-order valence-electron chi connectivity index (χ0n) is 21.3. The van der Waals surface area contributed by atoms with E-state index in [9.17, 15) is 18.0 Å². The van der Waals surface area contributed by atoms with Crippen LogP contribution in [0.3, 0.4) is 0 Å². The van der Waals surface area contributed by atoms with Crippen molar-refractivity contribution < 1.29 is 27.6 Å². The zero-order valence-corrected chi connectivity index (χ0v) is 23.2. The molecule has 0 N–H and O–H groups in total. The molecular formula is C27H37ClF3O3P. The molecule has 3 rings (SSSR count). The number of ketones is 1. The van der Waals surface area contributed by atoms with E-state index in [-0.39, 0.29) is 16.4 Å². The molecule has 1 atom stereocenters. The Balaban J connectivity index is 0. The lowest BCUT2D eigenvalue weighted by Gasteiger charge is -2.42. The summed E-state index contributed by atoms with van der Waals surface area (Å²) in [6, 6.07) is 10.2. The summed E-state index contributed by atoms with van der Waals surface area (Å²) < 4.78 is 37.7. The monoisotopic (exact) mass is 532 g/mol. The molecule has 0 heterocycles. The Morgan fingerprint density at radius 1 is 1.03 bits per heavy atom. The molecular weight excluding hydrogens is 496 g/mol. The van der Waals surface area contributed by atoms with Crippen LogP contribution in [0.25, 0.3) is 0 Å². The van der Waals surface area contributed by atoms with Gasteiger partial charge in [-0.05, 0) is 68.2 Å². The van der Waals surface area contributed by atoms with E-state index in [2.05, 4.69) is 27.7 Å². The number of hydrogen-bond donors (Lipinski definition) is 0. The van der Waals surface area contributed by atoms with Gasteiger partial charge in [0.15, 0.2) is 5.78 Å². The fourth-order valence-electron chi connectivity index (χ4n) is 3.18. The zero-order chi connectivity index (χ0) is 28.0. The first kappa shape index (κ1) is 35.1. The Hall–Kier alpha value is -2.04. The summed E-state index contributed by atoms with van der Waals surface area (Å²) >= 11 is 5.43. The number of carbonyl (C=O) groups is 3. The van der Waals surface area contributed by atoms with Gasteiger partial charge in [0.25, 0.3) is 5.66 Å². The largest absolute Gasteiger partial charge is 0.307 e. The van der Waals surface area contributed by atoms with E-state index in [1.807, 2.05) is 13.6 Å². The minimum absolute atomic E-state index is 0.0160. The molecule has 3 nitrogen and oxygen atoms in total. The third-order valence-corrected chi connectivity index (χ3v) is 5.95. The van der Waals surface area contributed by atoms with Gasteiger partial charge in [-0.1, -0.05) is 72.3 Å². The Kier molecular flexibility index (Phi) is 16.7. The van der Waals surface area contributed by atoms with Gasteiger partial charge >= 0.3 is 0 Å². The summed E-state index contributed by atoms with van der Waals surface area (Å²) in [5.74, 6) is 1.39. The Morgan fingerprint density at radius 3 is 1.83 bits per heavy atom. The molecule has 1 aliphatic carbocycles. The van der Waals surface area contributed by atoms with Crippen LogP contribution in [0.4, 0.5) is 13.2 Å². The van der Waals surface area contributed by atoms with E-state index in [4.69, 9.17) is 21.2 Å². The summed E-state index contributed by atoms with van der Waals surface area (Å²) in [6.45, 7) is 16.6. The average molecular weight is 533 g/mol. The second-order valence-electron chi connectivity index (χ2n) is 9.32. The summed E-state index contributed by atoms with van der Waals surface area (Å²) in [5, 5.41) is -0.0160. The number of aryl methyl sites for hydroxylation is 1. The van der Waals surface area contributed by atoms with Crippen LogP contribution >= 0.6 is 20.8 Å². The molecule has 35 heavy (non-hydrogen) atoms. The molecule has 0 spiro atoms. The first-order valence-corrected chi connectivity index (χ1v) is 11.8. The second kappa shape index (κ2) is 16.6. The quantitative estimate of drug-likeness (QED) is 0.288. The van der Waals surface area contributed by atoms with Gasteiger partial charge < -0.3 is 9.59 Å². The van der Waals surface area contributed by atoms with Crippen molar-refractivity contribution in [3.8, 4) is 0 Å². The fraction of sp³-hybridized carbons (Fsp3) is 0.444. The Bertz CT molecular complexity index is 903. The minimum Gasteiger partial charge on any atom is -0.307 e. The topological polar surface area (TPSA) is 51.2 Å². The molecule has 2 aromatic rings. The van der Waals surface area contributed by atoms with E-state index in [0.717, 1.165) is 17.4 Å². The molecule has 1 saturated carbocycles. The molecule has 1 unspecified atom stereocenters. The number of rotatable bonds is 2. The van der Waals surface area contributed by atoms with Gasteiger partial charge in [-0.3, -0.25) is 4.79 Å². The van der Waals surface area contributed by atoms with Gasteiger partial charge in [0, 0.05) is 11.1 Å². The number of alkyl halides is 2. The first-order valence-electron chi connectivity index (χ1n) is 10.9. The van der Waals surface area contributed by atoms with Crippen LogP contribution in [0.1, 0.15) is 68.9 Å². The van der Waals surface area contributed by atoms with Gasteiger partial charge in [0.2, 0.25) is 0 Å². The highest BCUT2D eigenvalue weighted by atomic mass is 35.5. The van der Waals surface area contributed by atoms with E-state index in [1.165, 1.54) is 59.3 Å². The van der Waals surface area contributed by atoms with Crippen LogP contribution in [0.15, 0.2) is 42.5 Å². The highest BCUT2D eigenvalue weighted by Gasteiger charge is 2.34. The summed E-state index contributed by atoms with van der Waals surface area (Å²) in [4.78, 5) is 26.7. The van der Waals surface area contributed by atoms with E-state index in [1.54, 1.807) is 19.1 Å². The third-order valence-electron chi connectivity index (χ3n) is 5.33. The molecule has 0 amide bonds. The lowest BCUT2D eigenvalue weighted by molar-refractivity contribution is -0.0987. The number of hydrogen-bond acceptors (Lipinski definition) is 3. The molecule has 0 bridgehead atoms. The lowest BCUT2D eigenvalue weighted by Crippen LogP contribution is -2.32. The van der Waals surface area contributed by atoms with Crippen molar-refractivity contribution >= 4 is 40.2 Å². The molecule has 1 fully saturated rings. The van der Waals surface area contributed by atoms with Crippen molar-refractivity contribution in [3.05, 3.63) is 70.0 Å². The van der Waals surface area contributed by atoms with Crippen molar-refractivity contribution in [2.24, 2.45) is 17.3 Å². The molecule has 196 valence electrons. The highest BCUT2D eigenvalue weighted by molar-refractivity contribution is 7.17. The molecule has 0 radical (unpaired) electrons. The van der Waals surface area contributed by atoms with Crippen LogP contribution < -0.4 is 0 Å². The van der Waals surface area contributed by atoms with E-state index in [0.29, 0.717) is 11.0 Å². The van der Waals surface area contributed by atoms with Gasteiger partial charge in [0.1, 0.15) is 19.4 Å². The fourth-order valence-corrected chi connectivity index (χ4v) is 3.54. The van der Waals surface area contributed by atoms with Crippen molar-refractivity contribution in [1.29, 1.82) is 0 Å². The molecule has 0 aliphatic heterocycles. The molecule has 0 saturated heterocycles. The van der Waals surface area contributed by atoms with Gasteiger partial charge in [0.05, 0.1) is 5.02 Å². The van der Waals surface area contributed by atoms with Crippen LogP contribution in [0, 0.1) is 30.0 Å².